The Hall–Kier alpha value is -2.44. The van der Waals surface area contributed by atoms with Crippen LogP contribution in [0.3, 0.4) is 0 Å². The van der Waals surface area contributed by atoms with Gasteiger partial charge in [-0.15, -0.1) is 0 Å². The summed E-state index contributed by atoms with van der Waals surface area (Å²) in [6.45, 7) is -0.665. The van der Waals surface area contributed by atoms with Gasteiger partial charge in [0.05, 0.1) is 0 Å². The molecule has 2 rings (SSSR count). The largest absolute Gasteiger partial charge is 0.370 e. The first-order chi connectivity index (χ1) is 9.56. The molecule has 1 heterocycles. The molecule has 0 spiro atoms. The van der Waals surface area contributed by atoms with Gasteiger partial charge in [0.1, 0.15) is 12.4 Å². The molecule has 5 nitrogen and oxygen atoms in total. The third kappa shape index (κ3) is 3.53. The fourth-order valence-corrected chi connectivity index (χ4v) is 1.62. The average molecular weight is 279 g/mol. The van der Waals surface area contributed by atoms with Gasteiger partial charge in [0.25, 0.3) is 0 Å². The Balaban J connectivity index is 2.00. The summed E-state index contributed by atoms with van der Waals surface area (Å²) in [5.74, 6) is 0.311. The molecule has 0 bridgehead atoms. The number of imidazole rings is 1. The lowest BCUT2D eigenvalue weighted by Gasteiger charge is -2.07. The summed E-state index contributed by atoms with van der Waals surface area (Å²) in [4.78, 5) is 7.81. The molecule has 0 unspecified atom stereocenters. The van der Waals surface area contributed by atoms with Crippen molar-refractivity contribution in [2.75, 3.05) is 5.32 Å². The SMILES string of the molecule is Cc1ccc(NC(N)=NCc2nccn2C(F)F)cc1. The van der Waals surface area contributed by atoms with Crippen LogP contribution >= 0.6 is 0 Å². The summed E-state index contributed by atoms with van der Waals surface area (Å²) >= 11 is 0. The second kappa shape index (κ2) is 6.14. The van der Waals surface area contributed by atoms with Gasteiger partial charge in [-0.3, -0.25) is 4.57 Å². The highest BCUT2D eigenvalue weighted by atomic mass is 19.3. The Kier molecular flexibility index (Phi) is 4.29. The van der Waals surface area contributed by atoms with E-state index in [1.807, 2.05) is 31.2 Å². The molecule has 0 aliphatic rings. The van der Waals surface area contributed by atoms with Gasteiger partial charge >= 0.3 is 6.55 Å². The van der Waals surface area contributed by atoms with E-state index in [1.165, 1.54) is 12.4 Å². The molecule has 3 N–H and O–H groups in total. The summed E-state index contributed by atoms with van der Waals surface area (Å²) in [6.07, 6.45) is 2.51. The maximum absolute atomic E-state index is 12.6. The normalized spacial score (nSPS) is 11.9. The number of guanidine groups is 1. The third-order valence-corrected chi connectivity index (χ3v) is 2.67. The number of hydrogen-bond acceptors (Lipinski definition) is 2. The van der Waals surface area contributed by atoms with Crippen molar-refractivity contribution in [1.82, 2.24) is 9.55 Å². The molecule has 20 heavy (non-hydrogen) atoms. The summed E-state index contributed by atoms with van der Waals surface area (Å²) in [7, 11) is 0. The smallest absolute Gasteiger partial charge is 0.319 e. The number of aromatic nitrogens is 2. The predicted octanol–water partition coefficient (Wildman–Crippen LogP) is 2.51. The van der Waals surface area contributed by atoms with Crippen LogP contribution in [-0.2, 0) is 6.54 Å². The molecule has 1 aromatic heterocycles. The van der Waals surface area contributed by atoms with Gasteiger partial charge in [-0.2, -0.15) is 8.78 Å². The topological polar surface area (TPSA) is 68.2 Å². The minimum absolute atomic E-state index is 0.0119. The molecule has 0 saturated heterocycles. The molecule has 0 saturated carbocycles. The van der Waals surface area contributed by atoms with Crippen molar-refractivity contribution >= 4 is 11.6 Å². The first-order valence-corrected chi connectivity index (χ1v) is 6.00. The molecular weight excluding hydrogens is 264 g/mol. The number of halogens is 2. The number of benzene rings is 1. The summed E-state index contributed by atoms with van der Waals surface area (Å²) in [5, 5.41) is 2.88. The van der Waals surface area contributed by atoms with Gasteiger partial charge in [0.2, 0.25) is 0 Å². The van der Waals surface area contributed by atoms with E-state index in [4.69, 9.17) is 5.73 Å². The highest BCUT2D eigenvalue weighted by Gasteiger charge is 2.10. The second-order valence-corrected chi connectivity index (χ2v) is 4.22. The Morgan fingerprint density at radius 2 is 2.10 bits per heavy atom. The Morgan fingerprint density at radius 1 is 1.40 bits per heavy atom. The summed E-state index contributed by atoms with van der Waals surface area (Å²) < 4.78 is 25.9. The van der Waals surface area contributed by atoms with Crippen molar-refractivity contribution in [1.29, 1.82) is 0 Å². The van der Waals surface area contributed by atoms with Crippen LogP contribution in [0, 0.1) is 6.92 Å². The van der Waals surface area contributed by atoms with Crippen molar-refractivity contribution in [3.05, 3.63) is 48.0 Å². The van der Waals surface area contributed by atoms with Crippen LogP contribution in [0.5, 0.6) is 0 Å². The Labute approximate surface area is 115 Å². The van der Waals surface area contributed by atoms with Crippen molar-refractivity contribution < 1.29 is 8.78 Å². The zero-order chi connectivity index (χ0) is 14.5. The van der Waals surface area contributed by atoms with Crippen LogP contribution in [-0.4, -0.2) is 15.5 Å². The van der Waals surface area contributed by atoms with Gasteiger partial charge in [0, 0.05) is 18.1 Å². The quantitative estimate of drug-likeness (QED) is 0.667. The number of rotatable bonds is 4. The maximum atomic E-state index is 12.6. The molecule has 7 heteroatoms. The average Bonchev–Trinajstić information content (AvgIpc) is 2.88. The van der Waals surface area contributed by atoms with Gasteiger partial charge in [-0.25, -0.2) is 9.98 Å². The third-order valence-electron chi connectivity index (χ3n) is 2.67. The summed E-state index contributed by atoms with van der Waals surface area (Å²) in [6, 6.07) is 7.58. The van der Waals surface area contributed by atoms with Crippen LogP contribution in [0.15, 0.2) is 41.7 Å². The number of alkyl halides is 2. The van der Waals surface area contributed by atoms with E-state index in [1.54, 1.807) is 0 Å². The van der Waals surface area contributed by atoms with E-state index in [-0.39, 0.29) is 18.3 Å². The van der Waals surface area contributed by atoms with Crippen LogP contribution < -0.4 is 11.1 Å². The Bertz CT molecular complexity index is 589. The first-order valence-electron chi connectivity index (χ1n) is 6.00. The molecule has 0 atom stereocenters. The summed E-state index contributed by atoms with van der Waals surface area (Å²) in [5.41, 5.74) is 7.62. The van der Waals surface area contributed by atoms with Crippen LogP contribution in [0.25, 0.3) is 0 Å². The highest BCUT2D eigenvalue weighted by Crippen LogP contribution is 2.13. The van der Waals surface area contributed by atoms with Gasteiger partial charge in [-0.05, 0) is 19.1 Å². The van der Waals surface area contributed by atoms with Crippen molar-refractivity contribution in [3.8, 4) is 0 Å². The number of nitrogens with two attached hydrogens (primary N) is 1. The minimum Gasteiger partial charge on any atom is -0.370 e. The lowest BCUT2D eigenvalue weighted by Crippen LogP contribution is -2.22. The van der Waals surface area contributed by atoms with E-state index >= 15 is 0 Å². The predicted molar refractivity (Wildman–Crippen MR) is 73.6 cm³/mol. The van der Waals surface area contributed by atoms with Crippen LogP contribution in [0.4, 0.5) is 14.5 Å². The number of hydrogen-bond donors (Lipinski definition) is 2. The number of aryl methyl sites for hydroxylation is 1. The van der Waals surface area contributed by atoms with Crippen molar-refractivity contribution in [2.24, 2.45) is 10.7 Å². The zero-order valence-electron chi connectivity index (χ0n) is 10.9. The first kappa shape index (κ1) is 14.0. The molecule has 0 aliphatic carbocycles. The molecule has 0 aliphatic heterocycles. The molecule has 106 valence electrons. The lowest BCUT2D eigenvalue weighted by atomic mass is 10.2. The minimum atomic E-state index is -2.63. The van der Waals surface area contributed by atoms with E-state index in [9.17, 15) is 8.78 Å². The Morgan fingerprint density at radius 3 is 2.75 bits per heavy atom. The molecule has 2 aromatic rings. The van der Waals surface area contributed by atoms with Crippen molar-refractivity contribution in [3.63, 3.8) is 0 Å². The van der Waals surface area contributed by atoms with Crippen molar-refractivity contribution in [2.45, 2.75) is 20.0 Å². The monoisotopic (exact) mass is 279 g/mol. The fourth-order valence-electron chi connectivity index (χ4n) is 1.62. The molecule has 0 fully saturated rings. The van der Waals surface area contributed by atoms with E-state index in [2.05, 4.69) is 15.3 Å². The van der Waals surface area contributed by atoms with Gasteiger partial charge in [0.15, 0.2) is 5.96 Å². The maximum Gasteiger partial charge on any atom is 0.319 e. The van der Waals surface area contributed by atoms with Crippen LogP contribution in [0.1, 0.15) is 17.9 Å². The molecule has 0 amide bonds. The zero-order valence-corrected chi connectivity index (χ0v) is 10.9. The highest BCUT2D eigenvalue weighted by molar-refractivity contribution is 5.92. The van der Waals surface area contributed by atoms with Gasteiger partial charge < -0.3 is 11.1 Å². The molecular formula is C13H15F2N5. The van der Waals surface area contributed by atoms with E-state index in [0.29, 0.717) is 0 Å². The van der Waals surface area contributed by atoms with Crippen LogP contribution in [0.2, 0.25) is 0 Å². The number of nitrogens with zero attached hydrogens (tertiary/aromatic N) is 3. The number of aliphatic imine (C=N–C) groups is 1. The second-order valence-electron chi connectivity index (χ2n) is 4.22. The van der Waals surface area contributed by atoms with E-state index < -0.39 is 6.55 Å². The van der Waals surface area contributed by atoms with E-state index in [0.717, 1.165) is 15.8 Å². The fraction of sp³-hybridized carbons (Fsp3) is 0.231. The number of anilines is 1. The molecule has 0 radical (unpaired) electrons. The van der Waals surface area contributed by atoms with Gasteiger partial charge in [-0.1, -0.05) is 17.7 Å². The standard InChI is InChI=1S/C13H15F2N5/c1-9-2-4-10(5-3-9)19-13(16)18-8-11-17-6-7-20(11)12(14)15/h2-7,12H,8H2,1H3,(H3,16,18,19). The lowest BCUT2D eigenvalue weighted by molar-refractivity contribution is 0.0671. The number of nitrogens with one attached hydrogen (secondary N) is 1. The molecule has 1 aromatic carbocycles.